The molecule has 0 saturated carbocycles. The number of nitrogens with one attached hydrogen (secondary N) is 1. The second kappa shape index (κ2) is 10.3. The fourth-order valence-corrected chi connectivity index (χ4v) is 4.53. The molecular formula is C27H22N6O2S. The highest BCUT2D eigenvalue weighted by molar-refractivity contribution is 7.14. The quantitative estimate of drug-likeness (QED) is 0.325. The van der Waals surface area contributed by atoms with Gasteiger partial charge in [0, 0.05) is 31.1 Å². The second-order valence-corrected chi connectivity index (χ2v) is 8.76. The van der Waals surface area contributed by atoms with Crippen molar-refractivity contribution in [3.05, 3.63) is 102 Å². The Morgan fingerprint density at radius 2 is 1.83 bits per heavy atom. The summed E-state index contributed by atoms with van der Waals surface area (Å²) >= 11 is 1.34. The van der Waals surface area contributed by atoms with Crippen LogP contribution in [0, 0.1) is 0 Å². The Labute approximate surface area is 211 Å². The zero-order valence-corrected chi connectivity index (χ0v) is 20.2. The summed E-state index contributed by atoms with van der Waals surface area (Å²) in [5, 5.41) is 5.21. The topological polar surface area (TPSA) is 93.0 Å². The Hall–Kier alpha value is -4.63. The van der Waals surface area contributed by atoms with Crippen LogP contribution in [0.4, 0.5) is 10.8 Å². The van der Waals surface area contributed by atoms with E-state index < -0.39 is 0 Å². The zero-order chi connectivity index (χ0) is 24.9. The number of nitrogens with zero attached hydrogens (tertiary/aromatic N) is 5. The van der Waals surface area contributed by atoms with Crippen molar-refractivity contribution in [1.82, 2.24) is 24.8 Å². The number of fused-ring (bicyclic) bond motifs is 1. The molecule has 2 aromatic carbocycles. The minimum absolute atomic E-state index is 0.135. The van der Waals surface area contributed by atoms with Crippen molar-refractivity contribution in [3.63, 3.8) is 0 Å². The van der Waals surface area contributed by atoms with Gasteiger partial charge in [-0.3, -0.25) is 19.1 Å². The van der Waals surface area contributed by atoms with E-state index in [1.165, 1.54) is 24.3 Å². The van der Waals surface area contributed by atoms with Crippen LogP contribution in [0.2, 0.25) is 0 Å². The lowest BCUT2D eigenvalue weighted by Gasteiger charge is -2.17. The highest BCUT2D eigenvalue weighted by atomic mass is 32.1. The van der Waals surface area contributed by atoms with Gasteiger partial charge in [-0.25, -0.2) is 15.0 Å². The van der Waals surface area contributed by atoms with Crippen LogP contribution in [0.1, 0.15) is 18.2 Å². The zero-order valence-electron chi connectivity index (χ0n) is 19.4. The summed E-state index contributed by atoms with van der Waals surface area (Å²) in [5.41, 5.74) is 4.11. The number of para-hydroxylation sites is 3. The lowest BCUT2D eigenvalue weighted by Crippen LogP contribution is -2.22. The van der Waals surface area contributed by atoms with Gasteiger partial charge in [0.05, 0.1) is 22.4 Å². The Morgan fingerprint density at radius 1 is 1.03 bits per heavy atom. The van der Waals surface area contributed by atoms with E-state index in [0.29, 0.717) is 17.4 Å². The Bertz CT molecular complexity index is 1540. The minimum Gasteiger partial charge on any atom is -0.348 e. The number of benzene rings is 2. The second-order valence-electron chi connectivity index (χ2n) is 7.92. The molecule has 5 rings (SSSR count). The normalized spacial score (nSPS) is 11.1. The highest BCUT2D eigenvalue weighted by Crippen LogP contribution is 2.29. The number of rotatable bonds is 7. The van der Waals surface area contributed by atoms with Crippen LogP contribution in [-0.4, -0.2) is 31.3 Å². The molecule has 0 aliphatic carbocycles. The summed E-state index contributed by atoms with van der Waals surface area (Å²) in [6, 6.07) is 21.0. The van der Waals surface area contributed by atoms with Crippen molar-refractivity contribution in [2.45, 2.75) is 13.5 Å². The molecular weight excluding hydrogens is 472 g/mol. The minimum atomic E-state index is -0.249. The van der Waals surface area contributed by atoms with Gasteiger partial charge in [-0.1, -0.05) is 36.4 Å². The van der Waals surface area contributed by atoms with Gasteiger partial charge in [-0.15, -0.1) is 11.3 Å². The van der Waals surface area contributed by atoms with Gasteiger partial charge in [0.2, 0.25) is 11.8 Å². The number of hydrogen-bond donors (Lipinski definition) is 1. The van der Waals surface area contributed by atoms with E-state index in [1.807, 2.05) is 71.3 Å². The van der Waals surface area contributed by atoms with E-state index in [9.17, 15) is 9.59 Å². The lowest BCUT2D eigenvalue weighted by atomic mass is 10.2. The standard InChI is InChI=1S/C27H22N6O2S/c1-19(34)33(22-7-3-2-4-8-22)27-31-21(17-36-27)12-14-26(35)29-16-20-11-13-25(28-15-20)32-18-30-23-9-5-6-10-24(23)32/h2-15,17-18H,16H2,1H3,(H,29,35)/b14-12+. The first-order valence-corrected chi connectivity index (χ1v) is 12.1. The highest BCUT2D eigenvalue weighted by Gasteiger charge is 2.17. The number of carbonyl (C=O) groups is 2. The van der Waals surface area contributed by atoms with Crippen LogP contribution in [-0.2, 0) is 16.1 Å². The van der Waals surface area contributed by atoms with Crippen LogP contribution in [0.5, 0.6) is 0 Å². The first-order valence-electron chi connectivity index (χ1n) is 11.2. The van der Waals surface area contributed by atoms with Crippen LogP contribution in [0.25, 0.3) is 22.9 Å². The number of pyridine rings is 1. The average Bonchev–Trinajstić information content (AvgIpc) is 3.54. The summed E-state index contributed by atoms with van der Waals surface area (Å²) < 4.78 is 1.92. The van der Waals surface area contributed by atoms with Crippen molar-refractivity contribution < 1.29 is 9.59 Å². The molecule has 36 heavy (non-hydrogen) atoms. The third kappa shape index (κ3) is 5.06. The number of hydrogen-bond acceptors (Lipinski definition) is 6. The first-order chi connectivity index (χ1) is 17.6. The number of thiazole rings is 1. The number of imidazole rings is 1. The summed E-state index contributed by atoms with van der Waals surface area (Å²) in [4.78, 5) is 39.5. The van der Waals surface area contributed by atoms with Crippen molar-refractivity contribution in [3.8, 4) is 5.82 Å². The van der Waals surface area contributed by atoms with E-state index >= 15 is 0 Å². The van der Waals surface area contributed by atoms with Gasteiger partial charge in [0.25, 0.3) is 0 Å². The molecule has 1 N–H and O–H groups in total. The van der Waals surface area contributed by atoms with E-state index in [4.69, 9.17) is 0 Å². The third-order valence-electron chi connectivity index (χ3n) is 5.41. The predicted molar refractivity (Wildman–Crippen MR) is 141 cm³/mol. The summed E-state index contributed by atoms with van der Waals surface area (Å²) in [6.45, 7) is 1.84. The Balaban J connectivity index is 1.19. The maximum atomic E-state index is 12.3. The molecule has 0 fully saturated rings. The lowest BCUT2D eigenvalue weighted by molar-refractivity contribution is -0.117. The molecule has 0 unspecified atom stereocenters. The Kier molecular flexibility index (Phi) is 6.63. The molecule has 2 amide bonds. The maximum Gasteiger partial charge on any atom is 0.244 e. The molecule has 0 radical (unpaired) electrons. The third-order valence-corrected chi connectivity index (χ3v) is 6.26. The van der Waals surface area contributed by atoms with Gasteiger partial charge in [0.1, 0.15) is 12.1 Å². The molecule has 3 aromatic heterocycles. The summed E-state index contributed by atoms with van der Waals surface area (Å²) in [7, 11) is 0. The van der Waals surface area contributed by atoms with Crippen LogP contribution in [0.15, 0.2) is 90.7 Å². The number of aromatic nitrogens is 4. The van der Waals surface area contributed by atoms with Crippen molar-refractivity contribution in [2.24, 2.45) is 0 Å². The molecule has 8 nitrogen and oxygen atoms in total. The van der Waals surface area contributed by atoms with Crippen LogP contribution in [0.3, 0.4) is 0 Å². The monoisotopic (exact) mass is 494 g/mol. The fraction of sp³-hybridized carbons (Fsp3) is 0.0741. The molecule has 0 spiro atoms. The van der Waals surface area contributed by atoms with Crippen molar-refractivity contribution in [1.29, 1.82) is 0 Å². The van der Waals surface area contributed by atoms with Crippen LogP contribution < -0.4 is 10.2 Å². The van der Waals surface area contributed by atoms with E-state index in [2.05, 4.69) is 20.3 Å². The van der Waals surface area contributed by atoms with E-state index in [0.717, 1.165) is 28.1 Å². The number of amides is 2. The fourth-order valence-electron chi connectivity index (χ4n) is 3.67. The van der Waals surface area contributed by atoms with Crippen molar-refractivity contribution in [2.75, 3.05) is 4.90 Å². The predicted octanol–water partition coefficient (Wildman–Crippen LogP) is 4.89. The van der Waals surface area contributed by atoms with E-state index in [1.54, 1.807) is 28.9 Å². The van der Waals surface area contributed by atoms with Gasteiger partial charge in [-0.05, 0) is 42.0 Å². The van der Waals surface area contributed by atoms with Crippen LogP contribution >= 0.6 is 11.3 Å². The largest absolute Gasteiger partial charge is 0.348 e. The van der Waals surface area contributed by atoms with Gasteiger partial charge in [0.15, 0.2) is 5.13 Å². The van der Waals surface area contributed by atoms with E-state index in [-0.39, 0.29) is 11.8 Å². The smallest absolute Gasteiger partial charge is 0.244 e. The molecule has 0 aliphatic rings. The Morgan fingerprint density at radius 3 is 2.61 bits per heavy atom. The molecule has 0 saturated heterocycles. The van der Waals surface area contributed by atoms with Gasteiger partial charge >= 0.3 is 0 Å². The SMILES string of the molecule is CC(=O)N(c1ccccc1)c1nc(/C=C/C(=O)NCc2ccc(-n3cnc4ccccc43)nc2)cs1. The molecule has 0 atom stereocenters. The molecule has 3 heterocycles. The number of anilines is 2. The molecule has 178 valence electrons. The summed E-state index contributed by atoms with van der Waals surface area (Å²) in [6.07, 6.45) is 6.54. The van der Waals surface area contributed by atoms with Crippen molar-refractivity contribution >= 4 is 51.1 Å². The first kappa shape index (κ1) is 23.1. The maximum absolute atomic E-state index is 12.3. The molecule has 0 aliphatic heterocycles. The summed E-state index contributed by atoms with van der Waals surface area (Å²) in [5.74, 6) is 0.374. The molecule has 5 aromatic rings. The molecule has 9 heteroatoms. The molecule has 0 bridgehead atoms. The average molecular weight is 495 g/mol. The van der Waals surface area contributed by atoms with Gasteiger partial charge < -0.3 is 5.32 Å². The number of carbonyl (C=O) groups excluding carboxylic acids is 2. The van der Waals surface area contributed by atoms with Gasteiger partial charge in [-0.2, -0.15) is 0 Å².